The summed E-state index contributed by atoms with van der Waals surface area (Å²) in [7, 11) is 0. The van der Waals surface area contributed by atoms with E-state index in [4.69, 9.17) is 5.73 Å². The number of piperidine rings is 1. The molecule has 0 aliphatic carbocycles. The number of aromatic nitrogens is 2. The van der Waals surface area contributed by atoms with Gasteiger partial charge in [-0.3, -0.25) is 9.69 Å². The van der Waals surface area contributed by atoms with Crippen LogP contribution in [0.5, 0.6) is 0 Å². The summed E-state index contributed by atoms with van der Waals surface area (Å²) in [4.78, 5) is 25.1. The maximum Gasteiger partial charge on any atom is 0.274 e. The minimum Gasteiger partial charge on any atom is -0.382 e. The fourth-order valence-electron chi connectivity index (χ4n) is 3.23. The van der Waals surface area contributed by atoms with Crippen LogP contribution in [0.25, 0.3) is 0 Å². The number of rotatable bonds is 1. The lowest BCUT2D eigenvalue weighted by Gasteiger charge is -2.47. The molecule has 2 unspecified atom stereocenters. The lowest BCUT2D eigenvalue weighted by molar-refractivity contribution is 0.0148. The molecule has 3 heterocycles. The van der Waals surface area contributed by atoms with Crippen LogP contribution in [0.1, 0.15) is 36.7 Å². The lowest BCUT2D eigenvalue weighted by Crippen LogP contribution is -2.60. The van der Waals surface area contributed by atoms with Crippen LogP contribution in [0.15, 0.2) is 12.4 Å². The van der Waals surface area contributed by atoms with Gasteiger partial charge in [0.1, 0.15) is 11.5 Å². The zero-order valence-electron chi connectivity index (χ0n) is 11.8. The van der Waals surface area contributed by atoms with Crippen molar-refractivity contribution < 1.29 is 4.79 Å². The number of piperazine rings is 1. The molecule has 2 atom stereocenters. The number of nitrogen functional groups attached to an aromatic ring is 1. The summed E-state index contributed by atoms with van der Waals surface area (Å²) in [6, 6.07) is 0.724. The van der Waals surface area contributed by atoms with Crippen molar-refractivity contribution in [2.75, 3.05) is 25.4 Å². The van der Waals surface area contributed by atoms with Gasteiger partial charge in [-0.15, -0.1) is 0 Å². The Balaban J connectivity index is 1.75. The largest absolute Gasteiger partial charge is 0.382 e. The molecule has 20 heavy (non-hydrogen) atoms. The third-order valence-electron chi connectivity index (χ3n) is 4.34. The van der Waals surface area contributed by atoms with Crippen LogP contribution in [-0.4, -0.2) is 57.4 Å². The molecule has 2 N–H and O–H groups in total. The molecule has 1 aromatic rings. The summed E-state index contributed by atoms with van der Waals surface area (Å²) in [5.74, 6) is 0.307. The molecule has 6 nitrogen and oxygen atoms in total. The Kier molecular flexibility index (Phi) is 3.56. The summed E-state index contributed by atoms with van der Waals surface area (Å²) in [5.41, 5.74) is 5.90. The van der Waals surface area contributed by atoms with E-state index in [1.165, 1.54) is 38.2 Å². The van der Waals surface area contributed by atoms with E-state index in [0.717, 1.165) is 13.1 Å². The number of nitrogens with zero attached hydrogens (tertiary/aromatic N) is 4. The van der Waals surface area contributed by atoms with Gasteiger partial charge in [0, 0.05) is 25.2 Å². The second-order valence-corrected chi connectivity index (χ2v) is 5.78. The van der Waals surface area contributed by atoms with E-state index >= 15 is 0 Å². The van der Waals surface area contributed by atoms with Gasteiger partial charge in [-0.05, 0) is 26.3 Å². The molecule has 108 valence electrons. The molecule has 1 amide bonds. The highest BCUT2D eigenvalue weighted by atomic mass is 16.2. The number of anilines is 1. The van der Waals surface area contributed by atoms with Crippen LogP contribution in [0.4, 0.5) is 5.82 Å². The van der Waals surface area contributed by atoms with Gasteiger partial charge in [0.2, 0.25) is 0 Å². The number of nitrogens with two attached hydrogens (primary N) is 1. The van der Waals surface area contributed by atoms with Gasteiger partial charge >= 0.3 is 0 Å². The summed E-state index contributed by atoms with van der Waals surface area (Å²) in [5, 5.41) is 0. The zero-order chi connectivity index (χ0) is 14.1. The van der Waals surface area contributed by atoms with Crippen molar-refractivity contribution in [3.63, 3.8) is 0 Å². The van der Waals surface area contributed by atoms with Crippen molar-refractivity contribution in [2.24, 2.45) is 0 Å². The fraction of sp³-hybridized carbons (Fsp3) is 0.643. The van der Waals surface area contributed by atoms with Crippen molar-refractivity contribution in [2.45, 2.75) is 38.3 Å². The van der Waals surface area contributed by atoms with Crippen LogP contribution in [0, 0.1) is 0 Å². The van der Waals surface area contributed by atoms with Gasteiger partial charge < -0.3 is 10.6 Å². The summed E-state index contributed by atoms with van der Waals surface area (Å²) in [6.45, 7) is 5.02. The van der Waals surface area contributed by atoms with Gasteiger partial charge in [-0.1, -0.05) is 6.42 Å². The average molecular weight is 275 g/mol. The van der Waals surface area contributed by atoms with Gasteiger partial charge in [-0.25, -0.2) is 9.97 Å². The number of amides is 1. The second kappa shape index (κ2) is 5.36. The fourth-order valence-corrected chi connectivity index (χ4v) is 3.23. The number of hydrogen-bond donors (Lipinski definition) is 1. The summed E-state index contributed by atoms with van der Waals surface area (Å²) >= 11 is 0. The van der Waals surface area contributed by atoms with E-state index in [2.05, 4.69) is 21.8 Å². The molecule has 3 rings (SSSR count). The summed E-state index contributed by atoms with van der Waals surface area (Å²) < 4.78 is 0. The SMILES string of the molecule is CC1CN2CCCCC2CN1C(=O)c1cnc(N)cn1. The van der Waals surface area contributed by atoms with Crippen LogP contribution in [0.3, 0.4) is 0 Å². The minimum absolute atomic E-state index is 0.0322. The topological polar surface area (TPSA) is 75.3 Å². The maximum absolute atomic E-state index is 12.6. The van der Waals surface area contributed by atoms with Gasteiger partial charge in [0.05, 0.1) is 12.4 Å². The van der Waals surface area contributed by atoms with E-state index < -0.39 is 0 Å². The van der Waals surface area contributed by atoms with Crippen molar-refractivity contribution in [3.05, 3.63) is 18.1 Å². The maximum atomic E-state index is 12.6. The first-order chi connectivity index (χ1) is 9.65. The molecular weight excluding hydrogens is 254 g/mol. The zero-order valence-corrected chi connectivity index (χ0v) is 11.8. The highest BCUT2D eigenvalue weighted by Gasteiger charge is 2.35. The average Bonchev–Trinajstić information content (AvgIpc) is 2.46. The van der Waals surface area contributed by atoms with Crippen molar-refractivity contribution in [1.82, 2.24) is 19.8 Å². The quantitative estimate of drug-likeness (QED) is 0.819. The van der Waals surface area contributed by atoms with E-state index in [1.54, 1.807) is 0 Å². The second-order valence-electron chi connectivity index (χ2n) is 5.78. The first-order valence-electron chi connectivity index (χ1n) is 7.27. The molecule has 2 aliphatic heterocycles. The third-order valence-corrected chi connectivity index (χ3v) is 4.34. The molecule has 0 aromatic carbocycles. The Morgan fingerprint density at radius 2 is 2.15 bits per heavy atom. The smallest absolute Gasteiger partial charge is 0.274 e. The van der Waals surface area contributed by atoms with Gasteiger partial charge in [-0.2, -0.15) is 0 Å². The van der Waals surface area contributed by atoms with Crippen molar-refractivity contribution >= 4 is 11.7 Å². The monoisotopic (exact) mass is 275 g/mol. The van der Waals surface area contributed by atoms with Crippen molar-refractivity contribution in [3.8, 4) is 0 Å². The molecule has 0 bridgehead atoms. The molecule has 2 aliphatic rings. The first-order valence-corrected chi connectivity index (χ1v) is 7.27. The Morgan fingerprint density at radius 3 is 2.90 bits per heavy atom. The van der Waals surface area contributed by atoms with Crippen LogP contribution >= 0.6 is 0 Å². The third kappa shape index (κ3) is 2.47. The van der Waals surface area contributed by atoms with Gasteiger partial charge in [0.25, 0.3) is 5.91 Å². The molecule has 2 fully saturated rings. The Hall–Kier alpha value is -1.69. The van der Waals surface area contributed by atoms with E-state index in [-0.39, 0.29) is 11.9 Å². The Morgan fingerprint density at radius 1 is 1.30 bits per heavy atom. The van der Waals surface area contributed by atoms with Crippen LogP contribution in [-0.2, 0) is 0 Å². The van der Waals surface area contributed by atoms with Crippen molar-refractivity contribution in [1.29, 1.82) is 0 Å². The number of hydrogen-bond acceptors (Lipinski definition) is 5. The minimum atomic E-state index is -0.0322. The number of carbonyl (C=O) groups is 1. The number of fused-ring (bicyclic) bond motifs is 1. The molecule has 2 saturated heterocycles. The molecule has 0 spiro atoms. The highest BCUT2D eigenvalue weighted by molar-refractivity contribution is 5.92. The number of carbonyl (C=O) groups excluding carboxylic acids is 1. The standard InChI is InChI=1S/C14H21N5O/c1-10-8-18-5-3-2-4-11(18)9-19(10)14(20)12-6-17-13(15)7-16-12/h6-7,10-11H,2-5,8-9H2,1H3,(H2,15,17). The molecule has 1 aromatic heterocycles. The lowest BCUT2D eigenvalue weighted by atomic mass is 9.97. The van der Waals surface area contributed by atoms with Crippen LogP contribution < -0.4 is 5.73 Å². The van der Waals surface area contributed by atoms with Gasteiger partial charge in [0.15, 0.2) is 0 Å². The van der Waals surface area contributed by atoms with E-state index in [0.29, 0.717) is 17.6 Å². The van der Waals surface area contributed by atoms with E-state index in [9.17, 15) is 4.79 Å². The Labute approximate surface area is 119 Å². The van der Waals surface area contributed by atoms with E-state index in [1.807, 2.05) is 4.90 Å². The molecule has 0 radical (unpaired) electrons. The predicted octanol–water partition coefficient (Wildman–Crippen LogP) is 0.758. The predicted molar refractivity (Wildman–Crippen MR) is 76.2 cm³/mol. The Bertz CT molecular complexity index is 489. The molecule has 6 heteroatoms. The van der Waals surface area contributed by atoms with Crippen LogP contribution in [0.2, 0.25) is 0 Å². The normalized spacial score (nSPS) is 27.1. The molecular formula is C14H21N5O. The molecule has 0 saturated carbocycles. The highest BCUT2D eigenvalue weighted by Crippen LogP contribution is 2.24. The summed E-state index contributed by atoms with van der Waals surface area (Å²) in [6.07, 6.45) is 6.64. The first kappa shape index (κ1) is 13.3.